The molecule has 2 atom stereocenters. The van der Waals surface area contributed by atoms with E-state index in [1.54, 1.807) is 52.1 Å². The molecule has 4 aromatic rings. The van der Waals surface area contributed by atoms with Gasteiger partial charge in [-0.25, -0.2) is 9.07 Å². The molecule has 0 bridgehead atoms. The van der Waals surface area contributed by atoms with Crippen LogP contribution in [-0.2, 0) is 17.9 Å². The lowest BCUT2D eigenvalue weighted by Crippen LogP contribution is -2.69. The second-order valence-corrected chi connectivity index (χ2v) is 10.7. The van der Waals surface area contributed by atoms with Crippen LogP contribution in [0.5, 0.6) is 5.75 Å². The van der Waals surface area contributed by atoms with Crippen molar-refractivity contribution in [1.82, 2.24) is 20.3 Å². The van der Waals surface area contributed by atoms with Gasteiger partial charge in [0.1, 0.15) is 24.2 Å². The van der Waals surface area contributed by atoms with Gasteiger partial charge < -0.3 is 9.64 Å². The number of nitrogens with zero attached hydrogens (tertiary/aromatic N) is 4. The lowest BCUT2D eigenvalue weighted by Gasteiger charge is -2.46. The predicted octanol–water partition coefficient (Wildman–Crippen LogP) is 5.71. The number of carbonyl (C=O) groups is 2. The summed E-state index contributed by atoms with van der Waals surface area (Å²) < 4.78 is 21.1. The minimum absolute atomic E-state index is 0.0585. The summed E-state index contributed by atoms with van der Waals surface area (Å²) in [6, 6.07) is 22.1. The molecule has 1 aliphatic carbocycles. The van der Waals surface area contributed by atoms with Gasteiger partial charge >= 0.3 is 0 Å². The summed E-state index contributed by atoms with van der Waals surface area (Å²) in [5.74, 6) is 0.145. The average molecular weight is 602 g/mol. The molecule has 6 rings (SSSR count). The maximum atomic E-state index is 13.5. The van der Waals surface area contributed by atoms with E-state index < -0.39 is 6.04 Å². The number of hydrogen-bond donors (Lipinski definition) is 1. The molecular formula is C36H32FN5O3. The summed E-state index contributed by atoms with van der Waals surface area (Å²) in [6.07, 6.45) is 16.2. The van der Waals surface area contributed by atoms with Crippen LogP contribution in [0.25, 0.3) is 6.08 Å². The molecule has 2 heterocycles. The van der Waals surface area contributed by atoms with E-state index in [1.807, 2.05) is 60.8 Å². The largest absolute Gasteiger partial charge is 0.492 e. The van der Waals surface area contributed by atoms with Crippen LogP contribution in [0.4, 0.5) is 10.1 Å². The summed E-state index contributed by atoms with van der Waals surface area (Å²) in [6.45, 7) is 1.19. The molecule has 3 aromatic carbocycles. The van der Waals surface area contributed by atoms with Crippen molar-refractivity contribution in [3.63, 3.8) is 0 Å². The number of amides is 1. The van der Waals surface area contributed by atoms with Crippen LogP contribution < -0.4 is 15.0 Å². The van der Waals surface area contributed by atoms with E-state index in [0.717, 1.165) is 17.6 Å². The van der Waals surface area contributed by atoms with Crippen LogP contribution in [0, 0.1) is 5.82 Å². The zero-order valence-electron chi connectivity index (χ0n) is 24.5. The highest BCUT2D eigenvalue weighted by atomic mass is 19.1. The van der Waals surface area contributed by atoms with Crippen molar-refractivity contribution in [3.8, 4) is 5.75 Å². The first kappa shape index (κ1) is 29.7. The maximum absolute atomic E-state index is 13.5. The molecule has 0 radical (unpaired) electrons. The SMILES string of the molecule is O=C(/C=C/C1=CCC=C1)c1ccc(OCCn2cc(CN[C@@H]3C(=O)N(c4ccc(F)cc4)[C@@H]3/C=C/c3ccccc3)nn2)cc1. The number of ketones is 1. The number of hydrogen-bond acceptors (Lipinski definition) is 6. The molecule has 1 amide bonds. The Morgan fingerprint density at radius 2 is 1.82 bits per heavy atom. The molecule has 0 spiro atoms. The third-order valence-corrected chi connectivity index (χ3v) is 7.58. The summed E-state index contributed by atoms with van der Waals surface area (Å²) >= 11 is 0. The van der Waals surface area contributed by atoms with Gasteiger partial charge in [-0.2, -0.15) is 0 Å². The fourth-order valence-electron chi connectivity index (χ4n) is 5.17. The number of halogens is 1. The van der Waals surface area contributed by atoms with Gasteiger partial charge in [-0.3, -0.25) is 14.9 Å². The fourth-order valence-corrected chi connectivity index (χ4v) is 5.17. The van der Waals surface area contributed by atoms with Gasteiger partial charge in [0.25, 0.3) is 0 Å². The van der Waals surface area contributed by atoms with E-state index in [1.165, 1.54) is 12.1 Å². The number of aromatic nitrogens is 3. The highest BCUT2D eigenvalue weighted by Gasteiger charge is 2.46. The van der Waals surface area contributed by atoms with Crippen molar-refractivity contribution >= 4 is 23.5 Å². The molecule has 226 valence electrons. The topological polar surface area (TPSA) is 89.4 Å². The highest BCUT2D eigenvalue weighted by molar-refractivity contribution is 6.06. The van der Waals surface area contributed by atoms with Gasteiger partial charge in [0.2, 0.25) is 5.91 Å². The standard InChI is InChI=1S/C36H32FN5O3/c37-29-14-16-31(17-15-29)42-33(20-10-26-6-2-1-3-7-26)35(36(42)44)38-24-30-25-41(40-39-30)22-23-45-32-18-12-28(13-19-32)34(43)21-11-27-8-4-5-9-27/h1-4,6-21,25,33,35,38H,5,22-24H2/b20-10+,21-11+/t33-,35+/m1/s1. The van der Waals surface area contributed by atoms with Crippen LogP contribution in [0.15, 0.2) is 127 Å². The predicted molar refractivity (Wildman–Crippen MR) is 171 cm³/mol. The van der Waals surface area contributed by atoms with Crippen molar-refractivity contribution in [2.24, 2.45) is 0 Å². The van der Waals surface area contributed by atoms with Gasteiger partial charge in [0.05, 0.1) is 18.3 Å². The van der Waals surface area contributed by atoms with Gasteiger partial charge in [-0.05, 0) is 72.2 Å². The zero-order chi connectivity index (χ0) is 31.0. The number of β-lactam (4-membered cyclic amide) rings is 1. The molecule has 0 saturated carbocycles. The number of ether oxygens (including phenoxy) is 1. The van der Waals surface area contributed by atoms with Crippen molar-refractivity contribution in [3.05, 3.63) is 150 Å². The van der Waals surface area contributed by atoms with Gasteiger partial charge in [-0.15, -0.1) is 5.10 Å². The Morgan fingerprint density at radius 3 is 2.58 bits per heavy atom. The van der Waals surface area contributed by atoms with E-state index in [4.69, 9.17) is 4.74 Å². The molecule has 9 heteroatoms. The first-order valence-corrected chi connectivity index (χ1v) is 14.8. The Labute approximate surface area is 260 Å². The monoisotopic (exact) mass is 601 g/mol. The number of rotatable bonds is 13. The minimum Gasteiger partial charge on any atom is -0.492 e. The fraction of sp³-hybridized carbons (Fsp3) is 0.167. The van der Waals surface area contributed by atoms with Crippen molar-refractivity contribution in [2.75, 3.05) is 11.5 Å². The Kier molecular flexibility index (Phi) is 9.17. The normalized spacial score (nSPS) is 17.7. The number of carbonyl (C=O) groups excluding carboxylic acids is 2. The van der Waals surface area contributed by atoms with Gasteiger partial charge in [-0.1, -0.05) is 72.0 Å². The molecule has 1 fully saturated rings. The Hall–Kier alpha value is -5.41. The van der Waals surface area contributed by atoms with Gasteiger partial charge in [0, 0.05) is 24.0 Å². The molecule has 1 aliphatic heterocycles. The second kappa shape index (κ2) is 13.9. The third-order valence-electron chi connectivity index (χ3n) is 7.58. The Morgan fingerprint density at radius 1 is 1.02 bits per heavy atom. The summed E-state index contributed by atoms with van der Waals surface area (Å²) in [7, 11) is 0. The van der Waals surface area contributed by atoms with Crippen molar-refractivity contribution in [2.45, 2.75) is 31.6 Å². The van der Waals surface area contributed by atoms with Crippen LogP contribution in [-0.4, -0.2) is 45.4 Å². The molecule has 1 aromatic heterocycles. The zero-order valence-corrected chi connectivity index (χ0v) is 24.5. The summed E-state index contributed by atoms with van der Waals surface area (Å²) in [5, 5.41) is 11.7. The Balaban J connectivity index is 1.00. The molecule has 45 heavy (non-hydrogen) atoms. The van der Waals surface area contributed by atoms with Crippen LogP contribution in [0.2, 0.25) is 0 Å². The molecule has 2 aliphatic rings. The number of anilines is 1. The van der Waals surface area contributed by atoms with Crippen LogP contribution >= 0.6 is 0 Å². The van der Waals surface area contributed by atoms with E-state index in [2.05, 4.69) is 27.8 Å². The second-order valence-electron chi connectivity index (χ2n) is 10.7. The average Bonchev–Trinajstić information content (AvgIpc) is 3.76. The summed E-state index contributed by atoms with van der Waals surface area (Å²) in [4.78, 5) is 27.2. The smallest absolute Gasteiger partial charge is 0.247 e. The molecule has 1 saturated heterocycles. The van der Waals surface area contributed by atoms with E-state index >= 15 is 0 Å². The summed E-state index contributed by atoms with van der Waals surface area (Å²) in [5.41, 5.74) is 3.99. The number of allylic oxidation sites excluding steroid dienone is 6. The first-order chi connectivity index (χ1) is 22.0. The number of benzene rings is 3. The third kappa shape index (κ3) is 7.39. The maximum Gasteiger partial charge on any atom is 0.247 e. The van der Waals surface area contributed by atoms with Crippen LogP contribution in [0.3, 0.4) is 0 Å². The lowest BCUT2D eigenvalue weighted by atomic mass is 9.92. The van der Waals surface area contributed by atoms with Crippen molar-refractivity contribution < 1.29 is 18.7 Å². The molecule has 0 unspecified atom stereocenters. The minimum atomic E-state index is -0.467. The van der Waals surface area contributed by atoms with E-state index in [0.29, 0.717) is 42.4 Å². The Bertz CT molecular complexity index is 1760. The highest BCUT2D eigenvalue weighted by Crippen LogP contribution is 2.30. The van der Waals surface area contributed by atoms with Crippen LogP contribution in [0.1, 0.15) is 28.0 Å². The quantitative estimate of drug-likeness (QED) is 0.120. The molecule has 8 nitrogen and oxygen atoms in total. The van der Waals surface area contributed by atoms with E-state index in [9.17, 15) is 14.0 Å². The van der Waals surface area contributed by atoms with Crippen molar-refractivity contribution in [1.29, 1.82) is 0 Å². The number of nitrogens with one attached hydrogen (secondary N) is 1. The lowest BCUT2D eigenvalue weighted by molar-refractivity contribution is -0.126. The molecule has 1 N–H and O–H groups in total. The van der Waals surface area contributed by atoms with Gasteiger partial charge in [0.15, 0.2) is 5.78 Å². The first-order valence-electron chi connectivity index (χ1n) is 14.8. The molecular weight excluding hydrogens is 569 g/mol. The van der Waals surface area contributed by atoms with E-state index in [-0.39, 0.29) is 23.5 Å².